The molecule has 14 rings (SSSR count). The Labute approximate surface area is 371 Å². The van der Waals surface area contributed by atoms with E-state index in [2.05, 4.69) is 211 Å². The molecule has 0 fully saturated rings. The summed E-state index contributed by atoms with van der Waals surface area (Å²) in [5, 5.41) is 16.7. The number of thiophene rings is 1. The van der Waals surface area contributed by atoms with Gasteiger partial charge in [-0.1, -0.05) is 170 Å². The molecule has 14 aromatic rings. The van der Waals surface area contributed by atoms with Gasteiger partial charge < -0.3 is 4.57 Å². The Morgan fingerprint density at radius 1 is 0.344 bits per heavy atom. The highest BCUT2D eigenvalue weighted by Crippen LogP contribution is 2.48. The van der Waals surface area contributed by atoms with Gasteiger partial charge in [0, 0.05) is 42.1 Å². The Hall–Kier alpha value is -8.25. The zero-order valence-corrected chi connectivity index (χ0v) is 35.1. The van der Waals surface area contributed by atoms with Crippen LogP contribution in [0.1, 0.15) is 0 Å². The first-order chi connectivity index (χ1) is 31.7. The molecule has 11 aromatic carbocycles. The van der Waals surface area contributed by atoms with Gasteiger partial charge in [0.25, 0.3) is 0 Å². The zero-order chi connectivity index (χ0) is 41.9. The second kappa shape index (κ2) is 13.6. The van der Waals surface area contributed by atoms with Crippen LogP contribution >= 0.6 is 11.3 Å². The van der Waals surface area contributed by atoms with E-state index in [9.17, 15) is 0 Å². The van der Waals surface area contributed by atoms with Gasteiger partial charge in [0.2, 0.25) is 0 Å². The molecule has 3 aromatic heterocycles. The quantitative estimate of drug-likeness (QED) is 0.177. The Kier molecular flexibility index (Phi) is 7.53. The summed E-state index contributed by atoms with van der Waals surface area (Å²) < 4.78 is 4.84. The number of hydrogen-bond donors (Lipinski definition) is 0. The van der Waals surface area contributed by atoms with Gasteiger partial charge in [0.05, 0.1) is 22.3 Å². The number of aromatic nitrogens is 4. The molecule has 0 aliphatic rings. The summed E-state index contributed by atoms with van der Waals surface area (Å²) in [5.74, 6) is 1.90. The van der Waals surface area contributed by atoms with Crippen molar-refractivity contribution in [2.75, 3.05) is 0 Å². The summed E-state index contributed by atoms with van der Waals surface area (Å²) in [5.41, 5.74) is 6.18. The fourth-order valence-corrected chi connectivity index (χ4v) is 11.5. The molecule has 0 saturated carbocycles. The molecule has 0 aliphatic heterocycles. The molecule has 0 radical (unpaired) electrons. The van der Waals surface area contributed by atoms with Gasteiger partial charge >= 0.3 is 0 Å². The smallest absolute Gasteiger partial charge is 0.167 e. The molecule has 64 heavy (non-hydrogen) atoms. The summed E-state index contributed by atoms with van der Waals surface area (Å²) in [7, 11) is 0. The van der Waals surface area contributed by atoms with Crippen LogP contribution in [0.15, 0.2) is 206 Å². The standard InChI is InChI=1S/C59H34N4S/c1-2-16-39-32-42(25-24-35(39)12-1)57-60-58(46-23-11-19-36-13-5-8-20-43(36)46)62-59(61-57)55-50(30-28-47-54-45-22-10-7-15-38(45)27-31-52(54)64-56(47)55)63-49-29-26-37-14-6-9-21-44(37)53(49)48-33-40-17-3-4-18-41(40)34-51(48)63/h1-34H. The van der Waals surface area contributed by atoms with E-state index in [1.54, 1.807) is 0 Å². The number of benzene rings is 11. The first-order valence-electron chi connectivity index (χ1n) is 21.7. The zero-order valence-electron chi connectivity index (χ0n) is 34.3. The fourth-order valence-electron chi connectivity index (χ4n) is 10.2. The van der Waals surface area contributed by atoms with Crippen LogP contribution in [-0.2, 0) is 0 Å². The monoisotopic (exact) mass is 830 g/mol. The second-order valence-electron chi connectivity index (χ2n) is 16.7. The summed E-state index contributed by atoms with van der Waals surface area (Å²) in [4.78, 5) is 16.5. The first kappa shape index (κ1) is 35.4. The molecule has 0 atom stereocenters. The Bertz CT molecular complexity index is 4270. The minimum Gasteiger partial charge on any atom is -0.308 e. The van der Waals surface area contributed by atoms with Crippen molar-refractivity contribution < 1.29 is 0 Å². The third kappa shape index (κ3) is 5.25. The van der Waals surface area contributed by atoms with Gasteiger partial charge in [-0.2, -0.15) is 0 Å². The summed E-state index contributed by atoms with van der Waals surface area (Å²) >= 11 is 1.82. The van der Waals surface area contributed by atoms with Crippen LogP contribution in [-0.4, -0.2) is 19.5 Å². The molecule has 3 heterocycles. The molecule has 5 heteroatoms. The summed E-state index contributed by atoms with van der Waals surface area (Å²) in [6, 6.07) is 74.5. The summed E-state index contributed by atoms with van der Waals surface area (Å²) in [6.45, 7) is 0. The molecule has 0 amide bonds. The van der Waals surface area contributed by atoms with Crippen molar-refractivity contribution in [1.82, 2.24) is 19.5 Å². The van der Waals surface area contributed by atoms with Crippen LogP contribution in [0.25, 0.3) is 136 Å². The van der Waals surface area contributed by atoms with Crippen LogP contribution in [0.4, 0.5) is 0 Å². The van der Waals surface area contributed by atoms with Gasteiger partial charge in [-0.05, 0) is 90.3 Å². The molecule has 0 spiro atoms. The van der Waals surface area contributed by atoms with E-state index in [1.807, 2.05) is 11.3 Å². The topological polar surface area (TPSA) is 43.6 Å². The Morgan fingerprint density at radius 2 is 0.922 bits per heavy atom. The van der Waals surface area contributed by atoms with Crippen LogP contribution in [0.5, 0.6) is 0 Å². The average molecular weight is 831 g/mol. The highest BCUT2D eigenvalue weighted by atomic mass is 32.1. The maximum absolute atomic E-state index is 5.60. The van der Waals surface area contributed by atoms with E-state index in [4.69, 9.17) is 15.0 Å². The lowest BCUT2D eigenvalue weighted by molar-refractivity contribution is 1.07. The second-order valence-corrected chi connectivity index (χ2v) is 17.8. The van der Waals surface area contributed by atoms with Crippen molar-refractivity contribution >= 4 is 107 Å². The van der Waals surface area contributed by atoms with E-state index in [-0.39, 0.29) is 0 Å². The number of nitrogens with zero attached hydrogens (tertiary/aromatic N) is 4. The lowest BCUT2D eigenvalue weighted by atomic mass is 10.0. The molecular weight excluding hydrogens is 797 g/mol. The molecule has 0 unspecified atom stereocenters. The predicted molar refractivity (Wildman–Crippen MR) is 271 cm³/mol. The molecule has 0 saturated heterocycles. The summed E-state index contributed by atoms with van der Waals surface area (Å²) in [6.07, 6.45) is 0. The third-order valence-corrected chi connectivity index (χ3v) is 14.4. The Morgan fingerprint density at radius 3 is 1.70 bits per heavy atom. The molecule has 0 aliphatic carbocycles. The lowest BCUT2D eigenvalue weighted by Gasteiger charge is -2.16. The van der Waals surface area contributed by atoms with E-state index in [0.29, 0.717) is 17.5 Å². The number of rotatable bonds is 4. The van der Waals surface area contributed by atoms with Gasteiger partial charge in [0.15, 0.2) is 17.5 Å². The lowest BCUT2D eigenvalue weighted by Crippen LogP contribution is -2.04. The maximum atomic E-state index is 5.60. The van der Waals surface area contributed by atoms with Gasteiger partial charge in [0.1, 0.15) is 0 Å². The minimum atomic E-state index is 0.632. The normalized spacial score (nSPS) is 12.1. The van der Waals surface area contributed by atoms with Crippen molar-refractivity contribution in [2.45, 2.75) is 0 Å². The van der Waals surface area contributed by atoms with E-state index >= 15 is 0 Å². The van der Waals surface area contributed by atoms with E-state index < -0.39 is 0 Å². The average Bonchev–Trinajstić information content (AvgIpc) is 3.90. The highest BCUT2D eigenvalue weighted by Gasteiger charge is 2.25. The van der Waals surface area contributed by atoms with Crippen molar-refractivity contribution in [2.24, 2.45) is 0 Å². The van der Waals surface area contributed by atoms with Gasteiger partial charge in [-0.25, -0.2) is 15.0 Å². The third-order valence-electron chi connectivity index (χ3n) is 13.2. The van der Waals surface area contributed by atoms with Crippen molar-refractivity contribution in [3.63, 3.8) is 0 Å². The fraction of sp³-hybridized carbons (Fsp3) is 0. The molecular formula is C59H34N4S. The van der Waals surface area contributed by atoms with Crippen LogP contribution in [0.2, 0.25) is 0 Å². The first-order valence-corrected chi connectivity index (χ1v) is 22.5. The van der Waals surface area contributed by atoms with Crippen molar-refractivity contribution in [3.05, 3.63) is 206 Å². The van der Waals surface area contributed by atoms with E-state index in [0.717, 1.165) is 54.3 Å². The Balaban J connectivity index is 1.16. The number of fused-ring (bicyclic) bond motifs is 13. The van der Waals surface area contributed by atoms with Crippen molar-refractivity contribution in [1.29, 1.82) is 0 Å². The van der Waals surface area contributed by atoms with Crippen LogP contribution < -0.4 is 0 Å². The highest BCUT2D eigenvalue weighted by molar-refractivity contribution is 7.26. The largest absolute Gasteiger partial charge is 0.308 e. The molecule has 0 bridgehead atoms. The molecule has 296 valence electrons. The maximum Gasteiger partial charge on any atom is 0.167 e. The van der Waals surface area contributed by atoms with Gasteiger partial charge in [-0.15, -0.1) is 11.3 Å². The van der Waals surface area contributed by atoms with Crippen molar-refractivity contribution in [3.8, 4) is 39.9 Å². The van der Waals surface area contributed by atoms with Gasteiger partial charge in [-0.3, -0.25) is 0 Å². The van der Waals surface area contributed by atoms with Crippen LogP contribution in [0, 0.1) is 0 Å². The SMILES string of the molecule is c1ccc2cc(-c3nc(-c4cccc5ccccc45)nc(-c4c(-n5c6cc7ccccc7cc6c6c7ccccc7ccc65)ccc5c4sc4ccc6ccccc6c45)n3)ccc2c1. The molecule has 0 N–H and O–H groups in total. The molecule has 4 nitrogen and oxygen atoms in total. The van der Waals surface area contributed by atoms with E-state index in [1.165, 1.54) is 63.9 Å². The van der Waals surface area contributed by atoms with Crippen LogP contribution in [0.3, 0.4) is 0 Å². The minimum absolute atomic E-state index is 0.632. The number of hydrogen-bond acceptors (Lipinski definition) is 4. The predicted octanol–water partition coefficient (Wildman–Crippen LogP) is 16.1.